The Hall–Kier alpha value is 0.700. The van der Waals surface area contributed by atoms with Crippen molar-refractivity contribution in [1.82, 2.24) is 0 Å². The van der Waals surface area contributed by atoms with Gasteiger partial charge in [0.15, 0.2) is 0 Å². The minimum Gasteiger partial charge on any atom is -0.162 e. The van der Waals surface area contributed by atoms with Gasteiger partial charge in [-0.3, -0.25) is 0 Å². The summed E-state index contributed by atoms with van der Waals surface area (Å²) in [4.78, 5) is 0. The molecule has 2 heteroatoms. The fourth-order valence-electron chi connectivity index (χ4n) is 1.16. The molecule has 0 aliphatic heterocycles. The Morgan fingerprint density at radius 1 is 1.00 bits per heavy atom. The first-order valence-corrected chi connectivity index (χ1v) is 8.03. The van der Waals surface area contributed by atoms with Crippen LogP contribution in [0.4, 0.5) is 0 Å². The molecule has 0 saturated carbocycles. The van der Waals surface area contributed by atoms with Gasteiger partial charge in [0.05, 0.1) is 0 Å². The lowest BCUT2D eigenvalue weighted by molar-refractivity contribution is 0.861. The quantitative estimate of drug-likeness (QED) is 0.524. The molecule has 0 aromatic carbocycles. The highest BCUT2D eigenvalue weighted by atomic mass is 32.2. The van der Waals surface area contributed by atoms with E-state index in [1.165, 1.54) is 37.2 Å². The first-order valence-electron chi connectivity index (χ1n) is 5.93. The molecule has 86 valence electrons. The van der Waals surface area contributed by atoms with Gasteiger partial charge in [-0.1, -0.05) is 34.1 Å². The second-order valence-electron chi connectivity index (χ2n) is 3.92. The molecule has 2 unspecified atom stereocenters. The third-order valence-corrected chi connectivity index (χ3v) is 4.95. The van der Waals surface area contributed by atoms with Crippen molar-refractivity contribution in [2.24, 2.45) is 0 Å². The van der Waals surface area contributed by atoms with Crippen LogP contribution in [0.3, 0.4) is 0 Å². The van der Waals surface area contributed by atoms with Crippen LogP contribution in [0.25, 0.3) is 0 Å². The summed E-state index contributed by atoms with van der Waals surface area (Å²) >= 11 is 4.28. The molecular formula is C12H26S2. The van der Waals surface area contributed by atoms with E-state index in [-0.39, 0.29) is 0 Å². The SMILES string of the molecule is CCCCSCCC(C)SC(C)CC. The van der Waals surface area contributed by atoms with Crippen molar-refractivity contribution in [2.45, 2.75) is 63.9 Å². The van der Waals surface area contributed by atoms with Crippen molar-refractivity contribution in [3.8, 4) is 0 Å². The molecular weight excluding hydrogens is 208 g/mol. The first-order chi connectivity index (χ1) is 6.70. The molecule has 2 atom stereocenters. The predicted octanol–water partition coefficient (Wildman–Crippen LogP) is 4.83. The van der Waals surface area contributed by atoms with Gasteiger partial charge in [0.2, 0.25) is 0 Å². The van der Waals surface area contributed by atoms with E-state index in [1.807, 2.05) is 0 Å². The molecule has 0 aliphatic carbocycles. The van der Waals surface area contributed by atoms with Gasteiger partial charge in [-0.05, 0) is 30.8 Å². The van der Waals surface area contributed by atoms with Crippen molar-refractivity contribution in [1.29, 1.82) is 0 Å². The molecule has 0 aliphatic rings. The van der Waals surface area contributed by atoms with E-state index in [0.717, 1.165) is 10.5 Å². The molecule has 0 nitrogen and oxygen atoms in total. The Bertz CT molecular complexity index is 115. The third kappa shape index (κ3) is 9.26. The number of thioether (sulfide) groups is 2. The Labute approximate surface area is 99.0 Å². The van der Waals surface area contributed by atoms with E-state index in [0.29, 0.717) is 0 Å². The van der Waals surface area contributed by atoms with Crippen molar-refractivity contribution >= 4 is 23.5 Å². The predicted molar refractivity (Wildman–Crippen MR) is 73.7 cm³/mol. The Morgan fingerprint density at radius 2 is 1.71 bits per heavy atom. The van der Waals surface area contributed by atoms with E-state index in [1.54, 1.807) is 0 Å². The lowest BCUT2D eigenvalue weighted by Crippen LogP contribution is -2.05. The minimum atomic E-state index is 0.839. The van der Waals surface area contributed by atoms with Gasteiger partial charge in [-0.2, -0.15) is 23.5 Å². The molecule has 0 spiro atoms. The summed E-state index contributed by atoms with van der Waals surface area (Å²) < 4.78 is 0. The number of unbranched alkanes of at least 4 members (excludes halogenated alkanes) is 1. The minimum absolute atomic E-state index is 0.839. The normalized spacial score (nSPS) is 15.4. The molecule has 0 rings (SSSR count). The van der Waals surface area contributed by atoms with Crippen LogP contribution < -0.4 is 0 Å². The molecule has 0 aromatic heterocycles. The molecule has 0 radical (unpaired) electrons. The maximum Gasteiger partial charge on any atom is 0.00292 e. The average Bonchev–Trinajstić information content (AvgIpc) is 2.17. The second kappa shape index (κ2) is 10.2. The van der Waals surface area contributed by atoms with Gasteiger partial charge in [-0.15, -0.1) is 0 Å². The zero-order chi connectivity index (χ0) is 10.8. The summed E-state index contributed by atoms with van der Waals surface area (Å²) in [6.07, 6.45) is 5.41. The topological polar surface area (TPSA) is 0 Å². The van der Waals surface area contributed by atoms with Crippen LogP contribution in [0.5, 0.6) is 0 Å². The van der Waals surface area contributed by atoms with Crippen LogP contribution in [-0.4, -0.2) is 22.0 Å². The van der Waals surface area contributed by atoms with E-state index < -0.39 is 0 Å². The van der Waals surface area contributed by atoms with Crippen LogP contribution in [0.2, 0.25) is 0 Å². The lowest BCUT2D eigenvalue weighted by Gasteiger charge is -2.15. The van der Waals surface area contributed by atoms with Crippen molar-refractivity contribution < 1.29 is 0 Å². The Morgan fingerprint density at radius 3 is 2.29 bits per heavy atom. The number of hydrogen-bond donors (Lipinski definition) is 0. The second-order valence-corrected chi connectivity index (χ2v) is 7.03. The summed E-state index contributed by atoms with van der Waals surface area (Å²) in [6, 6.07) is 0. The smallest absolute Gasteiger partial charge is 0.00292 e. The highest BCUT2D eigenvalue weighted by Gasteiger charge is 2.06. The highest BCUT2D eigenvalue weighted by Crippen LogP contribution is 2.23. The van der Waals surface area contributed by atoms with Crippen molar-refractivity contribution in [2.75, 3.05) is 11.5 Å². The van der Waals surface area contributed by atoms with Crippen LogP contribution >= 0.6 is 23.5 Å². The van der Waals surface area contributed by atoms with E-state index in [4.69, 9.17) is 0 Å². The summed E-state index contributed by atoms with van der Waals surface area (Å²) in [5.41, 5.74) is 0. The number of hydrogen-bond acceptors (Lipinski definition) is 2. The van der Waals surface area contributed by atoms with Crippen molar-refractivity contribution in [3.05, 3.63) is 0 Å². The third-order valence-electron chi connectivity index (χ3n) is 2.35. The largest absolute Gasteiger partial charge is 0.162 e. The molecule has 0 heterocycles. The fraction of sp³-hybridized carbons (Fsp3) is 1.00. The zero-order valence-corrected chi connectivity index (χ0v) is 11.8. The lowest BCUT2D eigenvalue weighted by atomic mass is 10.4. The van der Waals surface area contributed by atoms with Gasteiger partial charge < -0.3 is 0 Å². The summed E-state index contributed by atoms with van der Waals surface area (Å²) in [5.74, 6) is 2.71. The van der Waals surface area contributed by atoms with Crippen molar-refractivity contribution in [3.63, 3.8) is 0 Å². The highest BCUT2D eigenvalue weighted by molar-refractivity contribution is 8.00. The molecule has 14 heavy (non-hydrogen) atoms. The van der Waals surface area contributed by atoms with Crippen LogP contribution in [0.15, 0.2) is 0 Å². The van der Waals surface area contributed by atoms with Gasteiger partial charge in [0.1, 0.15) is 0 Å². The summed E-state index contributed by atoms with van der Waals surface area (Å²) in [5, 5.41) is 1.68. The fourth-order valence-corrected chi connectivity index (χ4v) is 3.76. The molecule has 0 aromatic rings. The van der Waals surface area contributed by atoms with Gasteiger partial charge >= 0.3 is 0 Å². The van der Waals surface area contributed by atoms with E-state index in [2.05, 4.69) is 51.2 Å². The maximum atomic E-state index is 2.37. The Kier molecular flexibility index (Phi) is 10.7. The monoisotopic (exact) mass is 234 g/mol. The van der Waals surface area contributed by atoms with E-state index in [9.17, 15) is 0 Å². The molecule has 0 bridgehead atoms. The standard InChI is InChI=1S/C12H26S2/c1-5-7-9-13-10-8-12(4)14-11(3)6-2/h11-12H,5-10H2,1-4H3. The summed E-state index contributed by atoms with van der Waals surface area (Å²) in [7, 11) is 0. The molecule has 0 fully saturated rings. The van der Waals surface area contributed by atoms with Gasteiger partial charge in [-0.25, -0.2) is 0 Å². The summed E-state index contributed by atoms with van der Waals surface area (Å²) in [6.45, 7) is 9.25. The van der Waals surface area contributed by atoms with E-state index >= 15 is 0 Å². The zero-order valence-electron chi connectivity index (χ0n) is 10.2. The van der Waals surface area contributed by atoms with Crippen LogP contribution in [-0.2, 0) is 0 Å². The average molecular weight is 234 g/mol. The molecule has 0 amide bonds. The first kappa shape index (κ1) is 14.7. The van der Waals surface area contributed by atoms with Gasteiger partial charge in [0.25, 0.3) is 0 Å². The number of rotatable bonds is 9. The van der Waals surface area contributed by atoms with Crippen LogP contribution in [0, 0.1) is 0 Å². The molecule has 0 saturated heterocycles. The molecule has 0 N–H and O–H groups in total. The Balaban J connectivity index is 3.22. The maximum absolute atomic E-state index is 2.37. The van der Waals surface area contributed by atoms with Crippen LogP contribution in [0.1, 0.15) is 53.4 Å². The van der Waals surface area contributed by atoms with Gasteiger partial charge in [0, 0.05) is 10.5 Å².